The molecule has 1 aliphatic rings. The Labute approximate surface area is 119 Å². The van der Waals surface area contributed by atoms with Gasteiger partial charge < -0.3 is 14.9 Å². The molecule has 2 unspecified atom stereocenters. The van der Waals surface area contributed by atoms with Gasteiger partial charge >= 0.3 is 5.97 Å². The highest BCUT2D eigenvalue weighted by atomic mass is 16.5. The molecule has 1 aliphatic carbocycles. The van der Waals surface area contributed by atoms with Gasteiger partial charge in [0.2, 0.25) is 0 Å². The Kier molecular flexibility index (Phi) is 4.65. The predicted molar refractivity (Wildman–Crippen MR) is 76.4 cm³/mol. The molecule has 2 atom stereocenters. The number of aliphatic hydroxyl groups excluding tert-OH is 1. The molecule has 0 radical (unpaired) electrons. The van der Waals surface area contributed by atoms with Gasteiger partial charge in [0.15, 0.2) is 0 Å². The molecule has 1 aromatic carbocycles. The van der Waals surface area contributed by atoms with Gasteiger partial charge in [-0.05, 0) is 56.4 Å². The van der Waals surface area contributed by atoms with Gasteiger partial charge in [-0.2, -0.15) is 0 Å². The summed E-state index contributed by atoms with van der Waals surface area (Å²) in [6.45, 7) is 3.69. The molecule has 4 heteroatoms. The van der Waals surface area contributed by atoms with Gasteiger partial charge in [0.05, 0.1) is 11.7 Å². The zero-order valence-corrected chi connectivity index (χ0v) is 12.1. The quantitative estimate of drug-likeness (QED) is 0.834. The molecule has 2 N–H and O–H groups in total. The fraction of sp³-hybridized carbons (Fsp3) is 0.562. The standard InChI is InChI=1S/C16H22O4/c1-10-8-12(16(18)19)9-11(2)15(10)20-14-7-5-3-4-6-13(14)17/h8-9,13-14,17H,3-7H2,1-2H3,(H,18,19). The molecule has 1 fully saturated rings. The van der Waals surface area contributed by atoms with Gasteiger partial charge in [-0.1, -0.05) is 12.8 Å². The Morgan fingerprint density at radius 2 is 1.75 bits per heavy atom. The molecular weight excluding hydrogens is 256 g/mol. The molecular formula is C16H22O4. The second kappa shape index (κ2) is 6.27. The number of rotatable bonds is 3. The third-order valence-corrected chi connectivity index (χ3v) is 3.89. The van der Waals surface area contributed by atoms with E-state index in [-0.39, 0.29) is 11.7 Å². The summed E-state index contributed by atoms with van der Waals surface area (Å²) in [5, 5.41) is 19.2. The number of ether oxygens (including phenoxy) is 1. The Morgan fingerprint density at radius 1 is 1.15 bits per heavy atom. The molecule has 20 heavy (non-hydrogen) atoms. The Morgan fingerprint density at radius 3 is 2.35 bits per heavy atom. The van der Waals surface area contributed by atoms with Crippen LogP contribution >= 0.6 is 0 Å². The fourth-order valence-corrected chi connectivity index (χ4v) is 2.80. The second-order valence-corrected chi connectivity index (χ2v) is 5.61. The van der Waals surface area contributed by atoms with Crippen LogP contribution in [0.1, 0.15) is 53.6 Å². The number of carbonyl (C=O) groups is 1. The number of hydrogen-bond acceptors (Lipinski definition) is 3. The number of benzene rings is 1. The first-order valence-corrected chi connectivity index (χ1v) is 7.18. The van der Waals surface area contributed by atoms with Crippen LogP contribution in [0.3, 0.4) is 0 Å². The number of hydrogen-bond donors (Lipinski definition) is 2. The summed E-state index contributed by atoms with van der Waals surface area (Å²) < 4.78 is 6.00. The molecule has 110 valence electrons. The van der Waals surface area contributed by atoms with Crippen molar-refractivity contribution < 1.29 is 19.7 Å². The zero-order chi connectivity index (χ0) is 14.7. The van der Waals surface area contributed by atoms with E-state index in [0.717, 1.165) is 43.2 Å². The maximum Gasteiger partial charge on any atom is 0.335 e. The Balaban J connectivity index is 2.22. The van der Waals surface area contributed by atoms with E-state index >= 15 is 0 Å². The van der Waals surface area contributed by atoms with Crippen molar-refractivity contribution in [3.8, 4) is 5.75 Å². The molecule has 1 saturated carbocycles. The van der Waals surface area contributed by atoms with Crippen LogP contribution in [0.25, 0.3) is 0 Å². The normalized spacial score (nSPS) is 23.1. The van der Waals surface area contributed by atoms with E-state index in [9.17, 15) is 9.90 Å². The summed E-state index contributed by atoms with van der Waals surface area (Å²) in [6, 6.07) is 3.24. The highest BCUT2D eigenvalue weighted by Gasteiger charge is 2.24. The van der Waals surface area contributed by atoms with Gasteiger partial charge in [-0.25, -0.2) is 4.79 Å². The van der Waals surface area contributed by atoms with Gasteiger partial charge in [0.1, 0.15) is 11.9 Å². The second-order valence-electron chi connectivity index (χ2n) is 5.61. The lowest BCUT2D eigenvalue weighted by Crippen LogP contribution is -2.31. The molecule has 0 aliphatic heterocycles. The van der Waals surface area contributed by atoms with Crippen molar-refractivity contribution in [3.05, 3.63) is 28.8 Å². The first-order valence-electron chi connectivity index (χ1n) is 7.18. The predicted octanol–water partition coefficient (Wildman–Crippen LogP) is 3.07. The highest BCUT2D eigenvalue weighted by molar-refractivity contribution is 5.88. The smallest absolute Gasteiger partial charge is 0.335 e. The van der Waals surface area contributed by atoms with Crippen LogP contribution in [0.5, 0.6) is 5.75 Å². The lowest BCUT2D eigenvalue weighted by atomic mass is 10.0. The van der Waals surface area contributed by atoms with Crippen LogP contribution in [-0.2, 0) is 0 Å². The first-order chi connectivity index (χ1) is 9.49. The molecule has 0 bridgehead atoms. The first kappa shape index (κ1) is 14.9. The number of aromatic carboxylic acids is 1. The molecule has 1 aromatic rings. The summed E-state index contributed by atoms with van der Waals surface area (Å²) in [4.78, 5) is 11.0. The molecule has 4 nitrogen and oxygen atoms in total. The summed E-state index contributed by atoms with van der Waals surface area (Å²) >= 11 is 0. The van der Waals surface area contributed by atoms with Crippen LogP contribution in [0.2, 0.25) is 0 Å². The summed E-state index contributed by atoms with van der Waals surface area (Å²) in [5.74, 6) is -0.224. The van der Waals surface area contributed by atoms with Crippen LogP contribution in [0, 0.1) is 13.8 Å². The van der Waals surface area contributed by atoms with E-state index in [1.165, 1.54) is 0 Å². The minimum Gasteiger partial charge on any atom is -0.487 e. The van der Waals surface area contributed by atoms with E-state index in [0.29, 0.717) is 5.75 Å². The van der Waals surface area contributed by atoms with Crippen LogP contribution in [0.15, 0.2) is 12.1 Å². The molecule has 0 aromatic heterocycles. The van der Waals surface area contributed by atoms with E-state index in [1.807, 2.05) is 13.8 Å². The zero-order valence-electron chi connectivity index (χ0n) is 12.1. The van der Waals surface area contributed by atoms with Crippen molar-refractivity contribution in [2.45, 2.75) is 58.2 Å². The molecule has 0 heterocycles. The van der Waals surface area contributed by atoms with E-state index in [2.05, 4.69) is 0 Å². The van der Waals surface area contributed by atoms with Crippen molar-refractivity contribution >= 4 is 5.97 Å². The Bertz CT molecular complexity index is 472. The average molecular weight is 278 g/mol. The Hall–Kier alpha value is -1.55. The SMILES string of the molecule is Cc1cc(C(=O)O)cc(C)c1OC1CCCCCC1O. The van der Waals surface area contributed by atoms with E-state index in [1.54, 1.807) is 12.1 Å². The van der Waals surface area contributed by atoms with Crippen molar-refractivity contribution in [1.82, 2.24) is 0 Å². The molecule has 2 rings (SSSR count). The topological polar surface area (TPSA) is 66.8 Å². The minimum atomic E-state index is -0.933. The van der Waals surface area contributed by atoms with Gasteiger partial charge in [-0.15, -0.1) is 0 Å². The van der Waals surface area contributed by atoms with E-state index in [4.69, 9.17) is 9.84 Å². The van der Waals surface area contributed by atoms with Gasteiger partial charge in [0, 0.05) is 0 Å². The van der Waals surface area contributed by atoms with Gasteiger partial charge in [0.25, 0.3) is 0 Å². The van der Waals surface area contributed by atoms with Crippen LogP contribution < -0.4 is 4.74 Å². The van der Waals surface area contributed by atoms with Gasteiger partial charge in [-0.3, -0.25) is 0 Å². The third-order valence-electron chi connectivity index (χ3n) is 3.89. The molecule has 0 spiro atoms. The van der Waals surface area contributed by atoms with Crippen LogP contribution in [0.4, 0.5) is 0 Å². The number of aliphatic hydroxyl groups is 1. The maximum atomic E-state index is 11.0. The third kappa shape index (κ3) is 3.31. The lowest BCUT2D eigenvalue weighted by Gasteiger charge is -2.24. The number of carboxylic acids is 1. The van der Waals surface area contributed by atoms with Crippen molar-refractivity contribution in [2.75, 3.05) is 0 Å². The summed E-state index contributed by atoms with van der Waals surface area (Å²) in [5.41, 5.74) is 1.88. The maximum absolute atomic E-state index is 11.0. The summed E-state index contributed by atoms with van der Waals surface area (Å²) in [7, 11) is 0. The largest absolute Gasteiger partial charge is 0.487 e. The molecule has 0 saturated heterocycles. The average Bonchev–Trinajstić information content (AvgIpc) is 2.58. The van der Waals surface area contributed by atoms with Crippen LogP contribution in [-0.4, -0.2) is 28.4 Å². The van der Waals surface area contributed by atoms with Crippen molar-refractivity contribution in [3.63, 3.8) is 0 Å². The number of carboxylic acid groups (broad SMARTS) is 1. The lowest BCUT2D eigenvalue weighted by molar-refractivity contribution is 0.0312. The highest BCUT2D eigenvalue weighted by Crippen LogP contribution is 2.29. The monoisotopic (exact) mass is 278 g/mol. The number of aryl methyl sites for hydroxylation is 2. The fourth-order valence-electron chi connectivity index (χ4n) is 2.80. The molecule has 0 amide bonds. The van der Waals surface area contributed by atoms with Crippen molar-refractivity contribution in [1.29, 1.82) is 0 Å². The summed E-state index contributed by atoms with van der Waals surface area (Å²) in [6.07, 6.45) is 4.23. The van der Waals surface area contributed by atoms with Crippen molar-refractivity contribution in [2.24, 2.45) is 0 Å². The van der Waals surface area contributed by atoms with E-state index < -0.39 is 12.1 Å². The minimum absolute atomic E-state index is 0.189.